The first-order valence-corrected chi connectivity index (χ1v) is 20.7. The molecule has 0 radical (unpaired) electrons. The summed E-state index contributed by atoms with van der Waals surface area (Å²) in [5.74, 6) is -0.537. The van der Waals surface area contributed by atoms with Crippen LogP contribution in [0.15, 0.2) is 140 Å². The average Bonchev–Trinajstić information content (AvgIpc) is 3.45. The fraction of sp³-hybridized carbons (Fsp3) is 0.214. The number of thiocarbonyl (C=S) groups is 1. The second-order valence-electron chi connectivity index (χ2n) is 13.3. The summed E-state index contributed by atoms with van der Waals surface area (Å²) in [6, 6.07) is 44.8. The predicted molar refractivity (Wildman–Crippen MR) is 204 cm³/mol. The SMILES string of the molecule is C[Si](C)(C)OC(=S)C(CCC(=O)OC(c1ccccc1)(c1ccccc1)c1ccccc1)NC(=O)OCC1c2ccccc2-c2ccccc21. The molecule has 5 aromatic carbocycles. The summed E-state index contributed by atoms with van der Waals surface area (Å²) in [6.07, 6.45) is -0.489. The molecule has 0 heterocycles. The number of alkyl carbamates (subject to hydrolysis) is 1. The molecule has 6 nitrogen and oxygen atoms in total. The van der Waals surface area contributed by atoms with Gasteiger partial charge in [0.15, 0.2) is 10.7 Å². The summed E-state index contributed by atoms with van der Waals surface area (Å²) in [5, 5.41) is 3.14. The minimum absolute atomic E-state index is 0.0300. The summed E-state index contributed by atoms with van der Waals surface area (Å²) in [4.78, 5) is 27.3. The van der Waals surface area contributed by atoms with Crippen molar-refractivity contribution in [1.82, 2.24) is 5.32 Å². The third kappa shape index (κ3) is 7.72. The van der Waals surface area contributed by atoms with Crippen LogP contribution in [0, 0.1) is 0 Å². The Labute approximate surface area is 300 Å². The molecule has 0 bridgehead atoms. The van der Waals surface area contributed by atoms with Crippen LogP contribution in [-0.4, -0.2) is 38.1 Å². The van der Waals surface area contributed by atoms with Gasteiger partial charge in [0, 0.05) is 29.0 Å². The number of hydrogen-bond donors (Lipinski definition) is 1. The number of esters is 1. The first-order valence-electron chi connectivity index (χ1n) is 16.9. The molecule has 0 aliphatic heterocycles. The zero-order valence-corrected chi connectivity index (χ0v) is 30.3. The Balaban J connectivity index is 1.20. The van der Waals surface area contributed by atoms with E-state index in [1.54, 1.807) is 0 Å². The molecule has 6 rings (SSSR count). The van der Waals surface area contributed by atoms with Crippen LogP contribution in [0.2, 0.25) is 19.6 Å². The number of fused-ring (bicyclic) bond motifs is 3. The second kappa shape index (κ2) is 15.2. The van der Waals surface area contributed by atoms with Crippen LogP contribution in [0.5, 0.6) is 0 Å². The van der Waals surface area contributed by atoms with Crippen molar-refractivity contribution in [1.29, 1.82) is 0 Å². The van der Waals surface area contributed by atoms with Gasteiger partial charge in [-0.15, -0.1) is 0 Å². The lowest BCUT2D eigenvalue weighted by Gasteiger charge is -2.35. The Kier molecular flexibility index (Phi) is 10.6. The average molecular weight is 700 g/mol. The summed E-state index contributed by atoms with van der Waals surface area (Å²) in [7, 11) is -2.13. The lowest BCUT2D eigenvalue weighted by molar-refractivity contribution is -0.153. The van der Waals surface area contributed by atoms with E-state index in [9.17, 15) is 9.59 Å². The van der Waals surface area contributed by atoms with E-state index in [-0.39, 0.29) is 30.4 Å². The number of benzene rings is 5. The van der Waals surface area contributed by atoms with Crippen molar-refractivity contribution in [3.05, 3.63) is 167 Å². The van der Waals surface area contributed by atoms with Gasteiger partial charge < -0.3 is 19.2 Å². The Morgan fingerprint density at radius 3 is 1.60 bits per heavy atom. The van der Waals surface area contributed by atoms with Gasteiger partial charge >= 0.3 is 12.1 Å². The van der Waals surface area contributed by atoms with E-state index in [2.05, 4.69) is 29.6 Å². The van der Waals surface area contributed by atoms with Gasteiger partial charge in [0.25, 0.3) is 0 Å². The van der Waals surface area contributed by atoms with Crippen molar-refractivity contribution in [3.63, 3.8) is 0 Å². The first kappa shape index (κ1) is 34.8. The van der Waals surface area contributed by atoms with Gasteiger partial charge in [-0.05, 0) is 60.5 Å². The fourth-order valence-corrected chi connectivity index (χ4v) is 8.26. The summed E-state index contributed by atoms with van der Waals surface area (Å²) in [6.45, 7) is 6.22. The highest BCUT2D eigenvalue weighted by molar-refractivity contribution is 7.80. The number of hydrogen-bond acceptors (Lipinski definition) is 6. The molecular weight excluding hydrogens is 659 g/mol. The van der Waals surface area contributed by atoms with Crippen LogP contribution in [0.25, 0.3) is 11.1 Å². The van der Waals surface area contributed by atoms with E-state index in [0.717, 1.165) is 38.9 Å². The van der Waals surface area contributed by atoms with E-state index in [1.165, 1.54) is 0 Å². The Bertz CT molecular complexity index is 1800. The molecule has 0 aromatic heterocycles. The van der Waals surface area contributed by atoms with Crippen LogP contribution in [0.1, 0.15) is 46.6 Å². The van der Waals surface area contributed by atoms with Gasteiger partial charge in [-0.3, -0.25) is 4.79 Å². The van der Waals surface area contributed by atoms with Gasteiger partial charge in [0.05, 0.1) is 6.04 Å². The molecule has 50 heavy (non-hydrogen) atoms. The van der Waals surface area contributed by atoms with E-state index < -0.39 is 32.0 Å². The van der Waals surface area contributed by atoms with Crippen molar-refractivity contribution in [3.8, 4) is 11.1 Å². The second-order valence-corrected chi connectivity index (χ2v) is 18.2. The van der Waals surface area contributed by atoms with Crippen molar-refractivity contribution < 1.29 is 23.5 Å². The van der Waals surface area contributed by atoms with Gasteiger partial charge in [-0.1, -0.05) is 140 Å². The number of amides is 1. The van der Waals surface area contributed by atoms with Crippen LogP contribution in [0.3, 0.4) is 0 Å². The quantitative estimate of drug-likeness (QED) is 0.0606. The molecular formula is C42H41NO5SSi. The molecule has 1 aliphatic rings. The molecule has 0 saturated carbocycles. The van der Waals surface area contributed by atoms with E-state index in [1.807, 2.05) is 135 Å². The van der Waals surface area contributed by atoms with E-state index >= 15 is 0 Å². The highest BCUT2D eigenvalue weighted by Gasteiger charge is 2.41. The number of rotatable bonds is 12. The highest BCUT2D eigenvalue weighted by atomic mass is 32.1. The molecule has 1 amide bonds. The third-order valence-corrected chi connectivity index (χ3v) is 10.1. The smallest absolute Gasteiger partial charge is 0.407 e. The largest absolute Gasteiger partial charge is 0.538 e. The summed E-state index contributed by atoms with van der Waals surface area (Å²) >= 11 is 5.72. The first-order chi connectivity index (χ1) is 24.2. The third-order valence-electron chi connectivity index (χ3n) is 8.77. The van der Waals surface area contributed by atoms with Gasteiger partial charge in [0.1, 0.15) is 6.61 Å². The van der Waals surface area contributed by atoms with E-state index in [0.29, 0.717) is 0 Å². The Morgan fingerprint density at radius 1 is 0.700 bits per heavy atom. The normalized spacial score (nSPS) is 13.0. The van der Waals surface area contributed by atoms with Crippen LogP contribution in [0.4, 0.5) is 4.79 Å². The lowest BCUT2D eigenvalue weighted by atomic mass is 9.80. The molecule has 1 unspecified atom stereocenters. The Morgan fingerprint density at radius 2 is 1.14 bits per heavy atom. The topological polar surface area (TPSA) is 73.9 Å². The standard InChI is InChI=1S/C42H41NO5SSi/c1-50(2,3)48-40(49)38(43-41(45)46-29-37-35-25-15-13-23-33(35)34-24-14-16-26-36(34)37)27-28-39(44)47-42(30-17-7-4-8-18-30,31-19-9-5-10-20-31)32-21-11-6-12-22-32/h4-26,37-38H,27-29H2,1-3H3,(H,43,45). The molecule has 0 saturated heterocycles. The van der Waals surface area contributed by atoms with E-state index in [4.69, 9.17) is 26.1 Å². The van der Waals surface area contributed by atoms with Crippen LogP contribution >= 0.6 is 12.2 Å². The maximum Gasteiger partial charge on any atom is 0.407 e. The van der Waals surface area contributed by atoms with Crippen molar-refractivity contribution in [2.45, 2.75) is 50.0 Å². The van der Waals surface area contributed by atoms with Gasteiger partial charge in [0.2, 0.25) is 8.32 Å². The molecule has 1 atom stereocenters. The number of carbonyl (C=O) groups excluding carboxylic acids is 2. The van der Waals surface area contributed by atoms with Crippen LogP contribution < -0.4 is 5.32 Å². The van der Waals surface area contributed by atoms with Crippen molar-refractivity contribution >= 4 is 37.6 Å². The van der Waals surface area contributed by atoms with Crippen LogP contribution in [-0.2, 0) is 24.3 Å². The van der Waals surface area contributed by atoms with Crippen molar-refractivity contribution in [2.75, 3.05) is 6.61 Å². The zero-order chi connectivity index (χ0) is 35.1. The maximum absolute atomic E-state index is 14.0. The molecule has 0 fully saturated rings. The van der Waals surface area contributed by atoms with Gasteiger partial charge in [-0.2, -0.15) is 0 Å². The zero-order valence-electron chi connectivity index (χ0n) is 28.5. The number of carbonyl (C=O) groups is 2. The van der Waals surface area contributed by atoms with Crippen molar-refractivity contribution in [2.24, 2.45) is 0 Å². The molecule has 5 aromatic rings. The molecule has 8 heteroatoms. The predicted octanol–water partition coefficient (Wildman–Crippen LogP) is 9.39. The Hall–Kier alpha value is -5.05. The van der Waals surface area contributed by atoms with Gasteiger partial charge in [-0.25, -0.2) is 4.79 Å². The molecule has 0 spiro atoms. The lowest BCUT2D eigenvalue weighted by Crippen LogP contribution is -2.45. The minimum atomic E-state index is -2.13. The molecule has 1 aliphatic carbocycles. The fourth-order valence-electron chi connectivity index (χ4n) is 6.58. The summed E-state index contributed by atoms with van der Waals surface area (Å²) < 4.78 is 18.6. The maximum atomic E-state index is 14.0. The molecule has 1 N–H and O–H groups in total. The highest BCUT2D eigenvalue weighted by Crippen LogP contribution is 2.45. The summed E-state index contributed by atoms with van der Waals surface area (Å²) in [5.41, 5.74) is 5.79. The number of nitrogens with one attached hydrogen (secondary N) is 1. The molecule has 254 valence electrons. The number of ether oxygens (including phenoxy) is 2. The monoisotopic (exact) mass is 699 g/mol. The minimum Gasteiger partial charge on any atom is -0.538 e.